The molecule has 7 rings (SSSR count). The molecule has 5 aromatic carbocycles. The van der Waals surface area contributed by atoms with Crippen molar-refractivity contribution >= 4 is 28.2 Å². The molecule has 4 nitrogen and oxygen atoms in total. The number of hydrogen-bond donors (Lipinski definition) is 1. The van der Waals surface area contributed by atoms with Gasteiger partial charge in [0.15, 0.2) is 0 Å². The average Bonchev–Trinajstić information content (AvgIpc) is 3.32. The standard InChI is InChI=1S/C32H21FN2O2/c33-22-13-17-30(35(36)37)27(18-22)21-10-8-20(9-11-21)23-6-3-7-26-25(23)14-16-29-32(26)31-24-5-2-1-4-19(24)12-15-28(31)34-29/h1-18,28,31,34H. The van der Waals surface area contributed by atoms with Gasteiger partial charge < -0.3 is 5.32 Å². The summed E-state index contributed by atoms with van der Waals surface area (Å²) in [5.41, 5.74) is 7.92. The molecular weight excluding hydrogens is 463 g/mol. The lowest BCUT2D eigenvalue weighted by Gasteiger charge is -2.24. The Hall–Kier alpha value is -4.77. The number of nitro groups is 1. The molecule has 2 unspecified atom stereocenters. The minimum Gasteiger partial charge on any atom is -0.378 e. The summed E-state index contributed by atoms with van der Waals surface area (Å²) >= 11 is 0. The summed E-state index contributed by atoms with van der Waals surface area (Å²) in [6, 6.07) is 30.6. The first kappa shape index (κ1) is 21.5. The monoisotopic (exact) mass is 484 g/mol. The Morgan fingerprint density at radius 1 is 0.784 bits per heavy atom. The van der Waals surface area contributed by atoms with E-state index in [1.165, 1.54) is 34.2 Å². The van der Waals surface area contributed by atoms with Crippen LogP contribution in [0.4, 0.5) is 15.8 Å². The topological polar surface area (TPSA) is 55.2 Å². The summed E-state index contributed by atoms with van der Waals surface area (Å²) in [7, 11) is 0. The van der Waals surface area contributed by atoms with E-state index in [-0.39, 0.29) is 23.2 Å². The predicted molar refractivity (Wildman–Crippen MR) is 146 cm³/mol. The lowest BCUT2D eigenvalue weighted by Crippen LogP contribution is -2.21. The number of rotatable bonds is 3. The molecule has 2 aliphatic rings. The van der Waals surface area contributed by atoms with E-state index in [9.17, 15) is 14.5 Å². The molecule has 0 fully saturated rings. The minimum atomic E-state index is -0.501. The SMILES string of the molecule is O=[N+]([O-])c1ccc(F)cc1-c1ccc(-c2cccc3c4c(ccc23)NC2C=Cc3ccccc3C42)cc1. The van der Waals surface area contributed by atoms with Gasteiger partial charge in [0.25, 0.3) is 5.69 Å². The highest BCUT2D eigenvalue weighted by atomic mass is 19.1. The van der Waals surface area contributed by atoms with Gasteiger partial charge in [0.2, 0.25) is 0 Å². The Bertz CT molecular complexity index is 1760. The van der Waals surface area contributed by atoms with E-state index in [4.69, 9.17) is 0 Å². The molecule has 178 valence electrons. The summed E-state index contributed by atoms with van der Waals surface area (Å²) in [4.78, 5) is 11.0. The van der Waals surface area contributed by atoms with Gasteiger partial charge >= 0.3 is 0 Å². The fraction of sp³-hybridized carbons (Fsp3) is 0.0625. The number of anilines is 1. The van der Waals surface area contributed by atoms with Crippen LogP contribution < -0.4 is 5.32 Å². The molecule has 1 heterocycles. The van der Waals surface area contributed by atoms with E-state index in [2.05, 4.69) is 72.1 Å². The van der Waals surface area contributed by atoms with E-state index in [1.54, 1.807) is 0 Å². The zero-order valence-electron chi connectivity index (χ0n) is 19.7. The Labute approximate surface area is 212 Å². The zero-order valence-corrected chi connectivity index (χ0v) is 19.7. The molecule has 37 heavy (non-hydrogen) atoms. The van der Waals surface area contributed by atoms with E-state index in [1.807, 2.05) is 24.3 Å². The molecule has 0 saturated heterocycles. The molecule has 0 amide bonds. The van der Waals surface area contributed by atoms with Crippen LogP contribution in [0.1, 0.15) is 22.6 Å². The molecule has 0 bridgehead atoms. The van der Waals surface area contributed by atoms with Crippen molar-refractivity contribution in [1.82, 2.24) is 0 Å². The third-order valence-corrected chi connectivity index (χ3v) is 7.57. The van der Waals surface area contributed by atoms with Gasteiger partial charge in [0.05, 0.1) is 16.5 Å². The zero-order chi connectivity index (χ0) is 25.1. The molecule has 1 aliphatic heterocycles. The minimum absolute atomic E-state index is 0.112. The van der Waals surface area contributed by atoms with Crippen molar-refractivity contribution in [3.05, 3.63) is 136 Å². The first-order valence-electron chi connectivity index (χ1n) is 12.2. The number of benzene rings is 5. The maximum absolute atomic E-state index is 13.9. The van der Waals surface area contributed by atoms with Gasteiger partial charge in [-0.1, -0.05) is 84.9 Å². The van der Waals surface area contributed by atoms with Crippen molar-refractivity contribution in [3.63, 3.8) is 0 Å². The second-order valence-electron chi connectivity index (χ2n) is 9.56. The summed E-state index contributed by atoms with van der Waals surface area (Å²) in [6.07, 6.45) is 4.46. The summed E-state index contributed by atoms with van der Waals surface area (Å²) in [6.45, 7) is 0. The van der Waals surface area contributed by atoms with Crippen LogP contribution in [0.3, 0.4) is 0 Å². The maximum Gasteiger partial charge on any atom is 0.277 e. The third kappa shape index (κ3) is 3.35. The molecule has 0 radical (unpaired) electrons. The molecular formula is C32H21FN2O2. The van der Waals surface area contributed by atoms with Crippen molar-refractivity contribution in [2.45, 2.75) is 12.0 Å². The van der Waals surface area contributed by atoms with Gasteiger partial charge in [-0.25, -0.2) is 4.39 Å². The van der Waals surface area contributed by atoms with Crippen molar-refractivity contribution in [2.24, 2.45) is 0 Å². The van der Waals surface area contributed by atoms with Crippen LogP contribution in [0.15, 0.2) is 103 Å². The molecule has 0 spiro atoms. The Kier molecular flexibility index (Phi) is 4.73. The third-order valence-electron chi connectivity index (χ3n) is 7.57. The van der Waals surface area contributed by atoms with Gasteiger partial charge in [-0.15, -0.1) is 0 Å². The Morgan fingerprint density at radius 2 is 1.57 bits per heavy atom. The summed E-state index contributed by atoms with van der Waals surface area (Å²) in [5.74, 6) is -0.260. The predicted octanol–water partition coefficient (Wildman–Crippen LogP) is 8.17. The largest absolute Gasteiger partial charge is 0.378 e. The Morgan fingerprint density at radius 3 is 2.38 bits per heavy atom. The number of fused-ring (bicyclic) bond motifs is 7. The van der Waals surface area contributed by atoms with Gasteiger partial charge in [0, 0.05) is 17.7 Å². The Balaban J connectivity index is 1.34. The molecule has 5 heteroatoms. The fourth-order valence-electron chi connectivity index (χ4n) is 5.93. The second-order valence-corrected chi connectivity index (χ2v) is 9.56. The van der Waals surface area contributed by atoms with Crippen LogP contribution in [0.2, 0.25) is 0 Å². The van der Waals surface area contributed by atoms with Crippen LogP contribution in [0.5, 0.6) is 0 Å². The molecule has 0 aromatic heterocycles. The number of nitro benzene ring substituents is 1. The van der Waals surface area contributed by atoms with Gasteiger partial charge in [0.1, 0.15) is 5.82 Å². The highest BCUT2D eigenvalue weighted by Crippen LogP contribution is 2.48. The van der Waals surface area contributed by atoms with Gasteiger partial charge in [-0.05, 0) is 62.4 Å². The molecule has 0 saturated carbocycles. The highest BCUT2D eigenvalue weighted by molar-refractivity contribution is 6.02. The van der Waals surface area contributed by atoms with Crippen LogP contribution >= 0.6 is 0 Å². The molecule has 2 atom stereocenters. The lowest BCUT2D eigenvalue weighted by atomic mass is 9.79. The van der Waals surface area contributed by atoms with Crippen LogP contribution in [-0.2, 0) is 0 Å². The number of nitrogens with zero attached hydrogens (tertiary/aromatic N) is 1. The number of halogens is 1. The number of nitrogens with one attached hydrogen (secondary N) is 1. The molecule has 5 aromatic rings. The summed E-state index contributed by atoms with van der Waals surface area (Å²) < 4.78 is 13.9. The van der Waals surface area contributed by atoms with Crippen molar-refractivity contribution < 1.29 is 9.31 Å². The van der Waals surface area contributed by atoms with Crippen molar-refractivity contribution in [2.75, 3.05) is 5.32 Å². The van der Waals surface area contributed by atoms with Crippen molar-refractivity contribution in [1.29, 1.82) is 0 Å². The highest BCUT2D eigenvalue weighted by Gasteiger charge is 2.36. The fourth-order valence-corrected chi connectivity index (χ4v) is 5.93. The molecule has 1 aliphatic carbocycles. The van der Waals surface area contributed by atoms with Crippen molar-refractivity contribution in [3.8, 4) is 22.3 Å². The van der Waals surface area contributed by atoms with E-state index in [0.29, 0.717) is 5.56 Å². The number of hydrogen-bond acceptors (Lipinski definition) is 3. The normalized spacial score (nSPS) is 17.1. The van der Waals surface area contributed by atoms with Crippen LogP contribution in [-0.4, -0.2) is 11.0 Å². The first-order chi connectivity index (χ1) is 18.1. The smallest absolute Gasteiger partial charge is 0.277 e. The van der Waals surface area contributed by atoms with E-state index >= 15 is 0 Å². The molecule has 1 N–H and O–H groups in total. The van der Waals surface area contributed by atoms with Gasteiger partial charge in [-0.3, -0.25) is 10.1 Å². The lowest BCUT2D eigenvalue weighted by molar-refractivity contribution is -0.384. The first-order valence-corrected chi connectivity index (χ1v) is 12.2. The van der Waals surface area contributed by atoms with E-state index < -0.39 is 10.7 Å². The average molecular weight is 485 g/mol. The quantitative estimate of drug-likeness (QED) is 0.208. The second kappa shape index (κ2) is 8.14. The van der Waals surface area contributed by atoms with Gasteiger partial charge in [-0.2, -0.15) is 0 Å². The van der Waals surface area contributed by atoms with Crippen LogP contribution in [0.25, 0.3) is 39.1 Å². The maximum atomic E-state index is 13.9. The van der Waals surface area contributed by atoms with Crippen LogP contribution in [0, 0.1) is 15.9 Å². The summed E-state index contributed by atoms with van der Waals surface area (Å²) in [5, 5.41) is 17.6. The van der Waals surface area contributed by atoms with E-state index in [0.717, 1.165) is 28.3 Å².